The largest absolute Gasteiger partial charge is 0.497 e. The number of fused-ring (bicyclic) bond motifs is 2. The van der Waals surface area contributed by atoms with Gasteiger partial charge in [0, 0.05) is 47.9 Å². The second-order valence-corrected chi connectivity index (χ2v) is 8.27. The third-order valence-corrected chi connectivity index (χ3v) is 6.15. The maximum Gasteiger partial charge on any atom is 0.125 e. The molecule has 3 heterocycles. The smallest absolute Gasteiger partial charge is 0.125 e. The van der Waals surface area contributed by atoms with Gasteiger partial charge in [-0.3, -0.25) is 10.1 Å². The average Bonchev–Trinajstić information content (AvgIpc) is 3.44. The van der Waals surface area contributed by atoms with Crippen LogP contribution >= 0.6 is 0 Å². The fourth-order valence-corrected chi connectivity index (χ4v) is 4.40. The third kappa shape index (κ3) is 3.84. The van der Waals surface area contributed by atoms with Gasteiger partial charge in [-0.05, 0) is 54.8 Å². The molecule has 2 N–H and O–H groups in total. The fraction of sp³-hybridized carbons (Fsp3) is 0.360. The summed E-state index contributed by atoms with van der Waals surface area (Å²) >= 11 is 0. The fourth-order valence-electron chi connectivity index (χ4n) is 4.40. The number of ether oxygens (including phenoxy) is 3. The summed E-state index contributed by atoms with van der Waals surface area (Å²) in [6.07, 6.45) is 4.02. The van der Waals surface area contributed by atoms with Crippen LogP contribution in [0.1, 0.15) is 23.2 Å². The molecule has 0 bridgehead atoms. The van der Waals surface area contributed by atoms with Gasteiger partial charge in [-0.2, -0.15) is 5.10 Å². The van der Waals surface area contributed by atoms with Crippen LogP contribution in [0.2, 0.25) is 0 Å². The zero-order chi connectivity index (χ0) is 22.1. The number of hydrogen-bond donors (Lipinski definition) is 2. The molecule has 1 unspecified atom stereocenters. The number of benzene rings is 2. The second kappa shape index (κ2) is 8.67. The third-order valence-electron chi connectivity index (χ3n) is 6.15. The van der Waals surface area contributed by atoms with E-state index in [0.717, 1.165) is 69.4 Å². The molecule has 1 aromatic heterocycles. The van der Waals surface area contributed by atoms with Crippen molar-refractivity contribution in [1.82, 2.24) is 10.2 Å². The Kier molecular flexibility index (Phi) is 5.57. The van der Waals surface area contributed by atoms with Crippen molar-refractivity contribution in [2.45, 2.75) is 26.2 Å². The van der Waals surface area contributed by atoms with E-state index in [0.29, 0.717) is 19.6 Å². The van der Waals surface area contributed by atoms with E-state index in [1.54, 1.807) is 7.11 Å². The minimum absolute atomic E-state index is 0.104. The van der Waals surface area contributed by atoms with E-state index in [-0.39, 0.29) is 12.5 Å². The molecular formula is C25H27N3O4. The lowest BCUT2D eigenvalue weighted by Gasteiger charge is -2.25. The molecule has 0 amide bonds. The van der Waals surface area contributed by atoms with Gasteiger partial charge in [0.05, 0.1) is 32.2 Å². The Morgan fingerprint density at radius 2 is 2.16 bits per heavy atom. The maximum absolute atomic E-state index is 9.17. The average molecular weight is 434 g/mol. The number of aliphatic hydroxyl groups is 1. The lowest BCUT2D eigenvalue weighted by Crippen LogP contribution is -2.28. The van der Waals surface area contributed by atoms with Crippen LogP contribution < -0.4 is 14.2 Å². The first-order valence-electron chi connectivity index (χ1n) is 10.9. The molecule has 2 aromatic carbocycles. The second-order valence-electron chi connectivity index (χ2n) is 8.27. The predicted octanol–water partition coefficient (Wildman–Crippen LogP) is 4.03. The summed E-state index contributed by atoms with van der Waals surface area (Å²) in [5.41, 5.74) is 7.35. The number of hydrogen-bond acceptors (Lipinski definition) is 6. The molecule has 2 aliphatic heterocycles. The lowest BCUT2D eigenvalue weighted by molar-refractivity contribution is 0.233. The van der Waals surface area contributed by atoms with Crippen LogP contribution in [0.4, 0.5) is 5.69 Å². The van der Waals surface area contributed by atoms with E-state index in [4.69, 9.17) is 19.2 Å². The van der Waals surface area contributed by atoms with Crippen LogP contribution in [-0.4, -0.2) is 47.9 Å². The van der Waals surface area contributed by atoms with Crippen LogP contribution in [0.3, 0.4) is 0 Å². The van der Waals surface area contributed by atoms with Gasteiger partial charge in [-0.15, -0.1) is 0 Å². The van der Waals surface area contributed by atoms with Crippen LogP contribution in [0.15, 0.2) is 41.5 Å². The predicted molar refractivity (Wildman–Crippen MR) is 122 cm³/mol. The van der Waals surface area contributed by atoms with Crippen LogP contribution in [0, 0.1) is 12.8 Å². The monoisotopic (exact) mass is 433 g/mol. The number of aryl methyl sites for hydroxylation is 1. The van der Waals surface area contributed by atoms with Crippen molar-refractivity contribution in [1.29, 1.82) is 0 Å². The van der Waals surface area contributed by atoms with E-state index in [1.165, 1.54) is 0 Å². The minimum atomic E-state index is 0.104. The van der Waals surface area contributed by atoms with Crippen LogP contribution in [-0.2, 0) is 12.8 Å². The van der Waals surface area contributed by atoms with Crippen LogP contribution in [0.5, 0.6) is 17.2 Å². The normalized spacial score (nSPS) is 16.7. The molecule has 0 radical (unpaired) electrons. The molecule has 166 valence electrons. The van der Waals surface area contributed by atoms with Gasteiger partial charge in [0.2, 0.25) is 0 Å². The minimum Gasteiger partial charge on any atom is -0.497 e. The number of H-pyrrole nitrogens is 1. The highest BCUT2D eigenvalue weighted by molar-refractivity contribution is 5.98. The zero-order valence-electron chi connectivity index (χ0n) is 18.4. The number of methoxy groups -OCH3 is 1. The Morgan fingerprint density at radius 3 is 2.94 bits per heavy atom. The van der Waals surface area contributed by atoms with E-state index >= 15 is 0 Å². The maximum atomic E-state index is 9.17. The van der Waals surface area contributed by atoms with Crippen molar-refractivity contribution in [3.05, 3.63) is 53.3 Å². The number of aromatic nitrogens is 2. The van der Waals surface area contributed by atoms with Gasteiger partial charge in [-0.25, -0.2) is 0 Å². The first kappa shape index (κ1) is 20.6. The van der Waals surface area contributed by atoms with Gasteiger partial charge in [-0.1, -0.05) is 0 Å². The Hall–Kier alpha value is -3.32. The van der Waals surface area contributed by atoms with Crippen molar-refractivity contribution in [2.75, 3.05) is 26.9 Å². The molecular weight excluding hydrogens is 406 g/mol. The molecule has 5 rings (SSSR count). The number of nitrogens with zero attached hydrogens (tertiary/aromatic N) is 2. The SMILES string of the molecule is COc1ccc2c(c1)CC(C1=Nc3cc(-c4cn[nH]c4C)cc(OCCCO)c3C1)CO2. The molecule has 0 saturated heterocycles. The lowest BCUT2D eigenvalue weighted by atomic mass is 9.90. The Labute approximate surface area is 187 Å². The number of aromatic amines is 1. The number of nitrogens with one attached hydrogen (secondary N) is 1. The number of aliphatic imine (C=N–C) groups is 1. The molecule has 7 nitrogen and oxygen atoms in total. The van der Waals surface area contributed by atoms with Crippen molar-refractivity contribution >= 4 is 11.4 Å². The van der Waals surface area contributed by atoms with Gasteiger partial charge in [0.25, 0.3) is 0 Å². The van der Waals surface area contributed by atoms with Gasteiger partial charge < -0.3 is 19.3 Å². The highest BCUT2D eigenvalue weighted by atomic mass is 16.5. The quantitative estimate of drug-likeness (QED) is 0.549. The summed E-state index contributed by atoms with van der Waals surface area (Å²) in [4.78, 5) is 5.03. The standard InChI is InChI=1S/C25H27N3O4/c1-15-21(13-26-28-15)16-10-23-20(25(11-16)31-7-3-6-29)12-22(27-23)18-8-17-9-19(30-2)4-5-24(17)32-14-18/h4-5,9-11,13,18,29H,3,6-8,12,14H2,1-2H3,(H,26,28). The summed E-state index contributed by atoms with van der Waals surface area (Å²) in [6.45, 7) is 3.18. The summed E-state index contributed by atoms with van der Waals surface area (Å²) in [5, 5.41) is 16.3. The summed E-state index contributed by atoms with van der Waals surface area (Å²) in [7, 11) is 1.68. The number of aliphatic hydroxyl groups excluding tert-OH is 1. The molecule has 7 heteroatoms. The van der Waals surface area contributed by atoms with Crippen LogP contribution in [0.25, 0.3) is 11.1 Å². The number of rotatable bonds is 7. The molecule has 32 heavy (non-hydrogen) atoms. The first-order chi connectivity index (χ1) is 15.7. The van der Waals surface area contributed by atoms with E-state index in [1.807, 2.05) is 31.3 Å². The van der Waals surface area contributed by atoms with Crippen molar-refractivity contribution in [3.63, 3.8) is 0 Å². The van der Waals surface area contributed by atoms with E-state index in [2.05, 4.69) is 22.3 Å². The van der Waals surface area contributed by atoms with Crippen molar-refractivity contribution in [2.24, 2.45) is 10.9 Å². The summed E-state index contributed by atoms with van der Waals surface area (Å²) in [5.74, 6) is 2.78. The Balaban J connectivity index is 1.45. The van der Waals surface area contributed by atoms with Gasteiger partial charge >= 0.3 is 0 Å². The highest BCUT2D eigenvalue weighted by Gasteiger charge is 2.30. The van der Waals surface area contributed by atoms with Crippen molar-refractivity contribution < 1.29 is 19.3 Å². The molecule has 3 aromatic rings. The first-order valence-corrected chi connectivity index (χ1v) is 10.9. The summed E-state index contributed by atoms with van der Waals surface area (Å²) < 4.78 is 17.5. The Morgan fingerprint density at radius 1 is 1.25 bits per heavy atom. The van der Waals surface area contributed by atoms with Gasteiger partial charge in [0.1, 0.15) is 17.2 Å². The molecule has 0 aliphatic carbocycles. The van der Waals surface area contributed by atoms with Crippen molar-refractivity contribution in [3.8, 4) is 28.4 Å². The molecule has 0 spiro atoms. The topological polar surface area (TPSA) is 89.0 Å². The van der Waals surface area contributed by atoms with Gasteiger partial charge in [0.15, 0.2) is 0 Å². The molecule has 2 aliphatic rings. The zero-order valence-corrected chi connectivity index (χ0v) is 18.4. The molecule has 0 fully saturated rings. The Bertz CT molecular complexity index is 1170. The summed E-state index contributed by atoms with van der Waals surface area (Å²) in [6, 6.07) is 10.1. The molecule has 1 atom stereocenters. The molecule has 0 saturated carbocycles. The van der Waals surface area contributed by atoms with E-state index < -0.39 is 0 Å². The highest BCUT2D eigenvalue weighted by Crippen LogP contribution is 2.42. The van der Waals surface area contributed by atoms with E-state index in [9.17, 15) is 5.11 Å².